The molecule has 24 heavy (non-hydrogen) atoms. The molecule has 1 aliphatic carbocycles. The summed E-state index contributed by atoms with van der Waals surface area (Å²) in [6, 6.07) is 8.89. The Balaban J connectivity index is 1.79. The van der Waals surface area contributed by atoms with Crippen LogP contribution in [0.3, 0.4) is 0 Å². The van der Waals surface area contributed by atoms with Crippen LogP contribution in [0.25, 0.3) is 0 Å². The predicted molar refractivity (Wildman–Crippen MR) is 98.9 cm³/mol. The molecule has 2 aliphatic rings. The molecule has 1 amide bonds. The van der Waals surface area contributed by atoms with E-state index in [0.717, 1.165) is 19.0 Å². The number of hydrogen-bond acceptors (Lipinski definition) is 2. The summed E-state index contributed by atoms with van der Waals surface area (Å²) >= 11 is 0. The number of nitrogens with one attached hydrogen (secondary N) is 1. The van der Waals surface area contributed by atoms with Crippen molar-refractivity contribution >= 4 is 5.91 Å². The third kappa shape index (κ3) is 3.37. The molecular formula is C21H32N2O. The van der Waals surface area contributed by atoms with E-state index in [1.165, 1.54) is 24.1 Å². The summed E-state index contributed by atoms with van der Waals surface area (Å²) in [4.78, 5) is 15.2. The molecule has 3 rings (SSSR count). The lowest BCUT2D eigenvalue weighted by atomic mass is 9.91. The number of fused-ring (bicyclic) bond motifs is 3. The van der Waals surface area contributed by atoms with Gasteiger partial charge in [0.1, 0.15) is 0 Å². The number of likely N-dealkylation sites (tertiary alicyclic amines) is 1. The molecule has 0 unspecified atom stereocenters. The van der Waals surface area contributed by atoms with Crippen LogP contribution in [0.5, 0.6) is 0 Å². The maximum Gasteiger partial charge on any atom is 0.225 e. The minimum Gasteiger partial charge on any atom is -0.348 e. The highest BCUT2D eigenvalue weighted by Crippen LogP contribution is 2.49. The predicted octanol–water partition coefficient (Wildman–Crippen LogP) is 3.97. The van der Waals surface area contributed by atoms with E-state index in [4.69, 9.17) is 0 Å². The number of benzene rings is 1. The summed E-state index contributed by atoms with van der Waals surface area (Å²) in [7, 11) is 0. The summed E-state index contributed by atoms with van der Waals surface area (Å²) in [5.41, 5.74) is 2.45. The molecule has 0 spiro atoms. The lowest BCUT2D eigenvalue weighted by molar-refractivity contribution is -0.129. The van der Waals surface area contributed by atoms with Crippen LogP contribution >= 0.6 is 0 Å². The van der Waals surface area contributed by atoms with Gasteiger partial charge in [0.2, 0.25) is 5.91 Å². The van der Waals surface area contributed by atoms with Crippen LogP contribution < -0.4 is 5.32 Å². The summed E-state index contributed by atoms with van der Waals surface area (Å²) in [5, 5.41) is 3.37. The Kier molecular flexibility index (Phi) is 4.74. The minimum atomic E-state index is -0.344. The second-order valence-electron chi connectivity index (χ2n) is 9.04. The average molecular weight is 329 g/mol. The van der Waals surface area contributed by atoms with Crippen LogP contribution in [0.1, 0.15) is 64.1 Å². The van der Waals surface area contributed by atoms with Gasteiger partial charge in [-0.15, -0.1) is 0 Å². The van der Waals surface area contributed by atoms with Crippen molar-refractivity contribution in [2.45, 2.75) is 53.0 Å². The molecule has 1 aromatic rings. The van der Waals surface area contributed by atoms with Crippen molar-refractivity contribution in [3.05, 3.63) is 35.4 Å². The Hall–Kier alpha value is -1.35. The van der Waals surface area contributed by atoms with E-state index in [0.29, 0.717) is 11.8 Å². The second kappa shape index (κ2) is 6.51. The smallest absolute Gasteiger partial charge is 0.225 e. The van der Waals surface area contributed by atoms with E-state index in [1.807, 2.05) is 20.8 Å². The fraction of sp³-hybridized carbons (Fsp3) is 0.667. The van der Waals surface area contributed by atoms with Crippen LogP contribution in [0.4, 0.5) is 0 Å². The van der Waals surface area contributed by atoms with Gasteiger partial charge in [-0.25, -0.2) is 0 Å². The highest BCUT2D eigenvalue weighted by Gasteiger charge is 2.46. The van der Waals surface area contributed by atoms with E-state index < -0.39 is 0 Å². The van der Waals surface area contributed by atoms with Gasteiger partial charge >= 0.3 is 0 Å². The molecule has 1 aliphatic heterocycles. The molecular weight excluding hydrogens is 296 g/mol. The maximum absolute atomic E-state index is 12.6. The number of amides is 1. The quantitative estimate of drug-likeness (QED) is 0.907. The van der Waals surface area contributed by atoms with Crippen molar-refractivity contribution in [2.24, 2.45) is 17.3 Å². The molecule has 0 saturated carbocycles. The Bertz CT molecular complexity index is 602. The highest BCUT2D eigenvalue weighted by molar-refractivity contribution is 5.82. The molecule has 0 bridgehead atoms. The minimum absolute atomic E-state index is 0.156. The Morgan fingerprint density at radius 3 is 2.50 bits per heavy atom. The zero-order chi connectivity index (χ0) is 17.5. The monoisotopic (exact) mass is 328 g/mol. The molecule has 3 heteroatoms. The zero-order valence-electron chi connectivity index (χ0n) is 15.8. The van der Waals surface area contributed by atoms with Gasteiger partial charge in [0.15, 0.2) is 0 Å². The first kappa shape index (κ1) is 17.5. The number of nitrogens with zero attached hydrogens (tertiary/aromatic N) is 1. The van der Waals surface area contributed by atoms with Gasteiger partial charge in [0, 0.05) is 30.3 Å². The average Bonchev–Trinajstić information content (AvgIpc) is 3.03. The van der Waals surface area contributed by atoms with E-state index in [-0.39, 0.29) is 17.4 Å². The topological polar surface area (TPSA) is 32.3 Å². The molecule has 1 saturated heterocycles. The molecule has 1 aromatic carbocycles. The second-order valence-corrected chi connectivity index (χ2v) is 9.04. The van der Waals surface area contributed by atoms with Crippen molar-refractivity contribution in [1.82, 2.24) is 10.2 Å². The van der Waals surface area contributed by atoms with Gasteiger partial charge in [-0.3, -0.25) is 4.79 Å². The molecule has 0 radical (unpaired) electrons. The largest absolute Gasteiger partial charge is 0.348 e. The summed E-state index contributed by atoms with van der Waals surface area (Å²) in [5.74, 6) is 1.98. The van der Waals surface area contributed by atoms with Gasteiger partial charge in [-0.2, -0.15) is 0 Å². The van der Waals surface area contributed by atoms with E-state index in [9.17, 15) is 4.79 Å². The van der Waals surface area contributed by atoms with Gasteiger partial charge in [-0.05, 0) is 30.0 Å². The SMILES string of the molecule is CC(C)CCN1C[C@@H]2[C@H](NC(=O)C(C)(C)C)c3ccccc3[C@@H]2C1. The molecule has 1 heterocycles. The summed E-state index contributed by atoms with van der Waals surface area (Å²) in [6.07, 6.45) is 1.25. The van der Waals surface area contributed by atoms with Crippen LogP contribution in [-0.2, 0) is 4.79 Å². The first-order valence-corrected chi connectivity index (χ1v) is 9.39. The Labute approximate surface area is 146 Å². The summed E-state index contributed by atoms with van der Waals surface area (Å²) in [6.45, 7) is 14.0. The maximum atomic E-state index is 12.6. The van der Waals surface area contributed by atoms with E-state index >= 15 is 0 Å². The third-order valence-corrected chi connectivity index (χ3v) is 5.59. The van der Waals surface area contributed by atoms with Crippen molar-refractivity contribution in [1.29, 1.82) is 0 Å². The lowest BCUT2D eigenvalue weighted by Crippen LogP contribution is -2.40. The fourth-order valence-electron chi connectivity index (χ4n) is 4.11. The van der Waals surface area contributed by atoms with Gasteiger partial charge < -0.3 is 10.2 Å². The first-order chi connectivity index (χ1) is 11.3. The van der Waals surface area contributed by atoms with Crippen LogP contribution in [0, 0.1) is 17.3 Å². The van der Waals surface area contributed by atoms with E-state index in [2.05, 4.69) is 48.3 Å². The van der Waals surface area contributed by atoms with Crippen LogP contribution in [0.15, 0.2) is 24.3 Å². The third-order valence-electron chi connectivity index (χ3n) is 5.59. The fourth-order valence-corrected chi connectivity index (χ4v) is 4.11. The molecule has 1 N–H and O–H groups in total. The molecule has 132 valence electrons. The molecule has 3 nitrogen and oxygen atoms in total. The van der Waals surface area contributed by atoms with Crippen LogP contribution in [0.2, 0.25) is 0 Å². The molecule has 3 atom stereocenters. The van der Waals surface area contributed by atoms with E-state index in [1.54, 1.807) is 0 Å². The zero-order valence-corrected chi connectivity index (χ0v) is 15.8. The van der Waals surface area contributed by atoms with Crippen LogP contribution in [-0.4, -0.2) is 30.4 Å². The Morgan fingerprint density at radius 1 is 1.21 bits per heavy atom. The van der Waals surface area contributed by atoms with Gasteiger partial charge in [-0.1, -0.05) is 58.9 Å². The standard InChI is InChI=1S/C21H32N2O/c1-14(2)10-11-23-12-17-15-8-6-7-9-16(15)19(18(17)13-23)22-20(24)21(3,4)5/h6-9,14,17-19H,10-13H2,1-5H3,(H,22,24)/t17-,18-,19+/m0/s1. The summed E-state index contributed by atoms with van der Waals surface area (Å²) < 4.78 is 0. The number of rotatable bonds is 4. The molecule has 0 aromatic heterocycles. The lowest BCUT2D eigenvalue weighted by Gasteiger charge is -2.27. The van der Waals surface area contributed by atoms with Crippen molar-refractivity contribution < 1.29 is 4.79 Å². The highest BCUT2D eigenvalue weighted by atomic mass is 16.2. The number of carbonyl (C=O) groups is 1. The van der Waals surface area contributed by atoms with Gasteiger partial charge in [0.05, 0.1) is 6.04 Å². The van der Waals surface area contributed by atoms with Crippen molar-refractivity contribution in [3.8, 4) is 0 Å². The normalized spacial score (nSPS) is 26.5. The van der Waals surface area contributed by atoms with Crippen molar-refractivity contribution in [3.63, 3.8) is 0 Å². The molecule has 1 fully saturated rings. The number of carbonyl (C=O) groups excluding carboxylic acids is 1. The Morgan fingerprint density at radius 2 is 1.88 bits per heavy atom. The first-order valence-electron chi connectivity index (χ1n) is 9.39. The van der Waals surface area contributed by atoms with Gasteiger partial charge in [0.25, 0.3) is 0 Å². The number of hydrogen-bond donors (Lipinski definition) is 1. The van der Waals surface area contributed by atoms with Crippen molar-refractivity contribution in [2.75, 3.05) is 19.6 Å².